The Labute approximate surface area is 173 Å². The molecule has 1 aliphatic rings. The first kappa shape index (κ1) is 23.3. The van der Waals surface area contributed by atoms with Crippen molar-refractivity contribution in [3.05, 3.63) is 16.1 Å². The van der Waals surface area contributed by atoms with E-state index in [4.69, 9.17) is 14.1 Å². The molecular formula is C19H36N2O3S2Si. The Morgan fingerprint density at radius 1 is 1.26 bits per heavy atom. The van der Waals surface area contributed by atoms with Crippen LogP contribution < -0.4 is 4.72 Å². The first-order valence-electron chi connectivity index (χ1n) is 9.63. The van der Waals surface area contributed by atoms with Gasteiger partial charge < -0.3 is 13.7 Å². The molecule has 1 aliphatic heterocycles. The minimum atomic E-state index is -1.81. The van der Waals surface area contributed by atoms with E-state index in [9.17, 15) is 4.55 Å². The summed E-state index contributed by atoms with van der Waals surface area (Å²) in [6.45, 7) is 19.1. The lowest BCUT2D eigenvalue weighted by molar-refractivity contribution is 0.0454. The van der Waals surface area contributed by atoms with Gasteiger partial charge in [0.1, 0.15) is 15.3 Å². The second-order valence-corrected chi connectivity index (χ2v) is 17.5. The van der Waals surface area contributed by atoms with E-state index in [1.807, 2.05) is 20.8 Å². The van der Waals surface area contributed by atoms with Gasteiger partial charge in [0.15, 0.2) is 8.32 Å². The van der Waals surface area contributed by atoms with Crippen LogP contribution in [0.2, 0.25) is 18.1 Å². The van der Waals surface area contributed by atoms with Crippen molar-refractivity contribution in [2.75, 3.05) is 13.2 Å². The highest BCUT2D eigenvalue weighted by molar-refractivity contribution is 7.90. The van der Waals surface area contributed by atoms with Crippen LogP contribution in [0.15, 0.2) is 5.38 Å². The van der Waals surface area contributed by atoms with Crippen LogP contribution in [0, 0.1) is 0 Å². The molecule has 0 unspecified atom stereocenters. The average Bonchev–Trinajstić information content (AvgIpc) is 3.01. The molecule has 1 saturated heterocycles. The van der Waals surface area contributed by atoms with Crippen molar-refractivity contribution < 1.29 is 13.7 Å². The fourth-order valence-corrected chi connectivity index (χ4v) is 5.46. The van der Waals surface area contributed by atoms with Gasteiger partial charge in [-0.05, 0) is 51.7 Å². The minimum Gasteiger partial charge on any atom is -0.598 e. The molecule has 0 spiro atoms. The molecule has 1 aromatic heterocycles. The molecule has 1 fully saturated rings. The molecule has 5 nitrogen and oxygen atoms in total. The third kappa shape index (κ3) is 5.78. The fraction of sp³-hybridized carbons (Fsp3) is 0.842. The SMILES string of the molecule is CC(C)(C)[S@@+]([O-])NC1(c2nc(CO[Si](C)(C)C(C)(C)C)cs2)CCOCC1. The Morgan fingerprint density at radius 2 is 1.85 bits per heavy atom. The predicted molar refractivity (Wildman–Crippen MR) is 117 cm³/mol. The van der Waals surface area contributed by atoms with Crippen molar-refractivity contribution in [2.24, 2.45) is 0 Å². The molecule has 0 aliphatic carbocycles. The highest BCUT2D eigenvalue weighted by atomic mass is 32.2. The molecule has 0 radical (unpaired) electrons. The number of hydrogen-bond donors (Lipinski definition) is 1. The van der Waals surface area contributed by atoms with Gasteiger partial charge >= 0.3 is 0 Å². The summed E-state index contributed by atoms with van der Waals surface area (Å²) in [7, 11) is -1.81. The van der Waals surface area contributed by atoms with Crippen molar-refractivity contribution in [1.82, 2.24) is 9.71 Å². The zero-order valence-electron chi connectivity index (χ0n) is 18.1. The summed E-state index contributed by atoms with van der Waals surface area (Å²) >= 11 is 0.479. The van der Waals surface area contributed by atoms with E-state index >= 15 is 0 Å². The molecule has 1 aromatic rings. The molecule has 0 bridgehead atoms. The van der Waals surface area contributed by atoms with Gasteiger partial charge in [-0.25, -0.2) is 4.98 Å². The van der Waals surface area contributed by atoms with Crippen LogP contribution in [0.3, 0.4) is 0 Å². The summed E-state index contributed by atoms with van der Waals surface area (Å²) in [5.74, 6) is 0. The molecule has 1 N–H and O–H groups in total. The predicted octanol–water partition coefficient (Wildman–Crippen LogP) is 4.72. The highest BCUT2D eigenvalue weighted by Gasteiger charge is 2.44. The van der Waals surface area contributed by atoms with Gasteiger partial charge in [0.25, 0.3) is 0 Å². The molecular weight excluding hydrogens is 396 g/mol. The zero-order valence-corrected chi connectivity index (χ0v) is 20.7. The molecule has 27 heavy (non-hydrogen) atoms. The maximum atomic E-state index is 12.8. The summed E-state index contributed by atoms with van der Waals surface area (Å²) in [5, 5.41) is 3.26. The number of aromatic nitrogens is 1. The molecule has 8 heteroatoms. The van der Waals surface area contributed by atoms with E-state index < -0.39 is 19.7 Å². The second-order valence-electron chi connectivity index (χ2n) is 9.87. The van der Waals surface area contributed by atoms with E-state index in [0.717, 1.165) is 23.5 Å². The van der Waals surface area contributed by atoms with Crippen LogP contribution in [0.25, 0.3) is 0 Å². The molecule has 2 rings (SSSR count). The van der Waals surface area contributed by atoms with E-state index in [1.165, 1.54) is 0 Å². The number of rotatable bonds is 6. The van der Waals surface area contributed by atoms with Crippen molar-refractivity contribution in [3.63, 3.8) is 0 Å². The maximum Gasteiger partial charge on any atom is 0.192 e. The Hall–Kier alpha value is 0.0369. The maximum absolute atomic E-state index is 12.8. The monoisotopic (exact) mass is 432 g/mol. The largest absolute Gasteiger partial charge is 0.598 e. The van der Waals surface area contributed by atoms with Crippen LogP contribution in [0.5, 0.6) is 0 Å². The first-order valence-corrected chi connectivity index (χ1v) is 14.6. The first-order chi connectivity index (χ1) is 12.3. The topological polar surface area (TPSA) is 66.4 Å². The summed E-state index contributed by atoms with van der Waals surface area (Å²) in [6, 6.07) is 0. The Morgan fingerprint density at radius 3 is 2.37 bits per heavy atom. The van der Waals surface area contributed by atoms with Gasteiger partial charge in [0.05, 0.1) is 12.3 Å². The average molecular weight is 433 g/mol. The summed E-state index contributed by atoms with van der Waals surface area (Å²) in [5.41, 5.74) is 0.588. The summed E-state index contributed by atoms with van der Waals surface area (Å²) in [6.07, 6.45) is 1.57. The number of nitrogens with one attached hydrogen (secondary N) is 1. The molecule has 156 valence electrons. The van der Waals surface area contributed by atoms with E-state index in [0.29, 0.717) is 19.8 Å². The zero-order chi connectivity index (χ0) is 20.5. The Balaban J connectivity index is 2.17. The third-order valence-corrected chi connectivity index (χ3v) is 12.8. The number of ether oxygens (including phenoxy) is 1. The van der Waals surface area contributed by atoms with E-state index in [2.05, 4.69) is 44.0 Å². The Bertz CT molecular complexity index is 617. The molecule has 1 atom stereocenters. The van der Waals surface area contributed by atoms with Crippen LogP contribution in [-0.2, 0) is 32.7 Å². The smallest absolute Gasteiger partial charge is 0.192 e. The molecule has 0 saturated carbocycles. The standard InChI is InChI=1S/C19H36N2O3S2Si/c1-17(2,3)26(22)21-19(9-11-23-12-10-19)16-20-15(14-25-16)13-24-27(7,8)18(4,5)6/h14,21H,9-13H2,1-8H3/t26-/m1/s1. The lowest BCUT2D eigenvalue weighted by Gasteiger charge is -2.38. The van der Waals surface area contributed by atoms with E-state index in [-0.39, 0.29) is 15.3 Å². The summed E-state index contributed by atoms with van der Waals surface area (Å²) in [4.78, 5) is 4.89. The van der Waals surface area contributed by atoms with Crippen molar-refractivity contribution >= 4 is 31.0 Å². The van der Waals surface area contributed by atoms with Gasteiger partial charge in [-0.1, -0.05) is 20.8 Å². The number of nitrogens with zero attached hydrogens (tertiary/aromatic N) is 1. The lowest BCUT2D eigenvalue weighted by Crippen LogP contribution is -2.53. The van der Waals surface area contributed by atoms with Crippen LogP contribution in [0.1, 0.15) is 65.1 Å². The van der Waals surface area contributed by atoms with Crippen LogP contribution in [-0.4, -0.2) is 35.8 Å². The normalized spacial score (nSPS) is 19.9. The number of hydrogen-bond acceptors (Lipinski definition) is 6. The quantitative estimate of drug-likeness (QED) is 0.520. The van der Waals surface area contributed by atoms with Crippen LogP contribution in [0.4, 0.5) is 0 Å². The Kier molecular flexibility index (Phi) is 7.27. The van der Waals surface area contributed by atoms with Gasteiger partial charge in [0.2, 0.25) is 0 Å². The van der Waals surface area contributed by atoms with Crippen molar-refractivity contribution in [3.8, 4) is 0 Å². The van der Waals surface area contributed by atoms with Gasteiger partial charge in [0, 0.05) is 30.0 Å². The molecule has 0 aromatic carbocycles. The minimum absolute atomic E-state index is 0.180. The van der Waals surface area contributed by atoms with Crippen LogP contribution >= 0.6 is 11.3 Å². The lowest BCUT2D eigenvalue weighted by atomic mass is 9.92. The molecule has 0 amide bonds. The van der Waals surface area contributed by atoms with Crippen molar-refractivity contribution in [1.29, 1.82) is 0 Å². The van der Waals surface area contributed by atoms with Gasteiger partial charge in [-0.2, -0.15) is 0 Å². The van der Waals surface area contributed by atoms with Crippen molar-refractivity contribution in [2.45, 2.75) is 89.4 Å². The van der Waals surface area contributed by atoms with E-state index in [1.54, 1.807) is 11.3 Å². The highest BCUT2D eigenvalue weighted by Crippen LogP contribution is 2.39. The molecule has 2 heterocycles. The van der Waals surface area contributed by atoms with Gasteiger partial charge in [-0.3, -0.25) is 0 Å². The number of thiazole rings is 1. The summed E-state index contributed by atoms with van der Waals surface area (Å²) < 4.78 is 27.8. The van der Waals surface area contributed by atoms with Gasteiger partial charge in [-0.15, -0.1) is 16.1 Å². The fourth-order valence-electron chi connectivity index (χ4n) is 2.47. The second kappa shape index (κ2) is 8.42. The third-order valence-electron chi connectivity index (χ3n) is 5.54.